The van der Waals surface area contributed by atoms with Crippen molar-refractivity contribution in [2.45, 2.75) is 116 Å². The summed E-state index contributed by atoms with van der Waals surface area (Å²) >= 11 is 0. The zero-order valence-electron chi connectivity index (χ0n) is 26.0. The molecule has 0 spiro atoms. The fraction of sp³-hybridized carbons (Fsp3) is 0.595. The third-order valence-corrected chi connectivity index (χ3v) is 7.96. The maximum atomic E-state index is 12.6. The minimum atomic E-state index is -0.389. The molecule has 5 nitrogen and oxygen atoms in total. The van der Waals surface area contributed by atoms with Gasteiger partial charge in [-0.2, -0.15) is 0 Å². The summed E-state index contributed by atoms with van der Waals surface area (Å²) in [4.78, 5) is 12.6. The van der Waals surface area contributed by atoms with Crippen molar-refractivity contribution in [1.82, 2.24) is 0 Å². The molecule has 1 heterocycles. The lowest BCUT2D eigenvalue weighted by Gasteiger charge is -2.29. The van der Waals surface area contributed by atoms with Crippen molar-refractivity contribution in [2.24, 2.45) is 5.92 Å². The van der Waals surface area contributed by atoms with Crippen molar-refractivity contribution in [3.63, 3.8) is 0 Å². The minimum Gasteiger partial charge on any atom is -0.494 e. The highest BCUT2D eigenvalue weighted by Gasteiger charge is 2.23. The summed E-state index contributed by atoms with van der Waals surface area (Å²) < 4.78 is 23.5. The van der Waals surface area contributed by atoms with E-state index in [1.165, 1.54) is 89.9 Å². The predicted molar refractivity (Wildman–Crippen MR) is 171 cm³/mol. The summed E-state index contributed by atoms with van der Waals surface area (Å²) in [6.07, 6.45) is 21.9. The van der Waals surface area contributed by atoms with Crippen LogP contribution in [0.15, 0.2) is 61.2 Å². The molecule has 3 rings (SSSR count). The highest BCUT2D eigenvalue weighted by molar-refractivity contribution is 5.91. The van der Waals surface area contributed by atoms with Gasteiger partial charge in [0.05, 0.1) is 25.4 Å². The van der Waals surface area contributed by atoms with Crippen LogP contribution in [0.5, 0.6) is 11.5 Å². The number of allylic oxidation sites excluding steroid dienone is 1. The normalized spacial score (nSPS) is 16.7. The van der Waals surface area contributed by atoms with E-state index in [1.54, 1.807) is 24.3 Å². The average Bonchev–Trinajstić information content (AvgIpc) is 3.02. The lowest BCUT2D eigenvalue weighted by Crippen LogP contribution is -2.27. The Morgan fingerprint density at radius 1 is 0.762 bits per heavy atom. The van der Waals surface area contributed by atoms with Gasteiger partial charge in [-0.3, -0.25) is 0 Å². The lowest BCUT2D eigenvalue weighted by molar-refractivity contribution is -0.206. The van der Waals surface area contributed by atoms with Crippen LogP contribution in [-0.4, -0.2) is 25.8 Å². The maximum absolute atomic E-state index is 12.6. The zero-order valence-corrected chi connectivity index (χ0v) is 26.0. The zero-order chi connectivity index (χ0) is 29.7. The van der Waals surface area contributed by atoms with Gasteiger partial charge in [0.2, 0.25) is 0 Å². The number of rotatable bonds is 22. The first-order valence-electron chi connectivity index (χ1n) is 16.6. The molecule has 0 unspecified atom stereocenters. The Hall–Kier alpha value is -2.63. The fourth-order valence-electron chi connectivity index (χ4n) is 5.30. The molecule has 232 valence electrons. The molecule has 0 N–H and O–H groups in total. The van der Waals surface area contributed by atoms with Gasteiger partial charge in [0, 0.05) is 11.5 Å². The molecule has 42 heavy (non-hydrogen) atoms. The second-order valence-corrected chi connectivity index (χ2v) is 11.7. The smallest absolute Gasteiger partial charge is 0.343 e. The van der Waals surface area contributed by atoms with E-state index in [1.807, 2.05) is 30.3 Å². The van der Waals surface area contributed by atoms with Crippen LogP contribution >= 0.6 is 0 Å². The van der Waals surface area contributed by atoms with E-state index in [0.29, 0.717) is 23.8 Å². The Labute approximate surface area is 255 Å². The van der Waals surface area contributed by atoms with Gasteiger partial charge in [-0.25, -0.2) is 4.79 Å². The fourth-order valence-corrected chi connectivity index (χ4v) is 5.30. The van der Waals surface area contributed by atoms with E-state index < -0.39 is 0 Å². The Balaban J connectivity index is 1.28. The molecular weight excluding hydrogens is 524 g/mol. The Morgan fingerprint density at radius 2 is 1.33 bits per heavy atom. The number of benzene rings is 2. The van der Waals surface area contributed by atoms with E-state index in [4.69, 9.17) is 18.9 Å². The summed E-state index contributed by atoms with van der Waals surface area (Å²) in [5.74, 6) is 1.35. The number of ether oxygens (including phenoxy) is 4. The van der Waals surface area contributed by atoms with Gasteiger partial charge in [0.1, 0.15) is 11.5 Å². The van der Waals surface area contributed by atoms with Crippen LogP contribution in [0.1, 0.15) is 132 Å². The number of carbonyl (C=O) groups excluding carboxylic acids is 1. The summed E-state index contributed by atoms with van der Waals surface area (Å²) in [5.41, 5.74) is 1.43. The molecular formula is C37H54O5. The van der Waals surface area contributed by atoms with Crippen LogP contribution in [0.2, 0.25) is 0 Å². The SMILES string of the molecule is C=CCCCCCCCCOc1ccc(C(=O)Oc2ccc(C3OCC(CCCCCCCCCC)CO3)cc2)cc1. The van der Waals surface area contributed by atoms with E-state index in [0.717, 1.165) is 37.4 Å². The van der Waals surface area contributed by atoms with Crippen LogP contribution in [0, 0.1) is 5.92 Å². The van der Waals surface area contributed by atoms with Gasteiger partial charge < -0.3 is 18.9 Å². The number of unbranched alkanes of at least 4 members (excludes halogenated alkanes) is 13. The molecule has 0 atom stereocenters. The molecule has 1 saturated heterocycles. The Kier molecular flexibility index (Phi) is 17.0. The molecule has 0 aromatic heterocycles. The van der Waals surface area contributed by atoms with Gasteiger partial charge in [-0.05, 0) is 62.1 Å². The first-order chi connectivity index (χ1) is 20.7. The molecule has 5 heteroatoms. The third kappa shape index (κ3) is 13.6. The molecule has 2 aromatic rings. The van der Waals surface area contributed by atoms with E-state index in [-0.39, 0.29) is 12.3 Å². The molecule has 1 aliphatic rings. The van der Waals surface area contributed by atoms with E-state index in [2.05, 4.69) is 13.5 Å². The first-order valence-corrected chi connectivity index (χ1v) is 16.6. The molecule has 1 aliphatic heterocycles. The van der Waals surface area contributed by atoms with Crippen LogP contribution in [0.4, 0.5) is 0 Å². The number of hydrogen-bond donors (Lipinski definition) is 0. The molecule has 2 aromatic carbocycles. The van der Waals surface area contributed by atoms with Crippen molar-refractivity contribution >= 4 is 5.97 Å². The maximum Gasteiger partial charge on any atom is 0.343 e. The molecule has 0 radical (unpaired) electrons. The van der Waals surface area contributed by atoms with Gasteiger partial charge in [0.25, 0.3) is 0 Å². The summed E-state index contributed by atoms with van der Waals surface area (Å²) in [5, 5.41) is 0. The largest absolute Gasteiger partial charge is 0.494 e. The second kappa shape index (κ2) is 21.1. The van der Waals surface area contributed by atoms with E-state index in [9.17, 15) is 4.79 Å². The van der Waals surface area contributed by atoms with Crippen molar-refractivity contribution in [1.29, 1.82) is 0 Å². The van der Waals surface area contributed by atoms with E-state index >= 15 is 0 Å². The topological polar surface area (TPSA) is 54.0 Å². The van der Waals surface area contributed by atoms with Crippen LogP contribution in [-0.2, 0) is 9.47 Å². The molecule has 0 amide bonds. The molecule has 0 bridgehead atoms. The van der Waals surface area contributed by atoms with Crippen molar-refractivity contribution < 1.29 is 23.7 Å². The third-order valence-electron chi connectivity index (χ3n) is 7.96. The lowest BCUT2D eigenvalue weighted by atomic mass is 10.0. The van der Waals surface area contributed by atoms with Gasteiger partial charge >= 0.3 is 5.97 Å². The quantitative estimate of drug-likeness (QED) is 0.0602. The Morgan fingerprint density at radius 3 is 1.98 bits per heavy atom. The van der Waals surface area contributed by atoms with Crippen LogP contribution in [0.25, 0.3) is 0 Å². The molecule has 0 saturated carbocycles. The monoisotopic (exact) mass is 578 g/mol. The summed E-state index contributed by atoms with van der Waals surface area (Å²) in [6.45, 7) is 8.18. The van der Waals surface area contributed by atoms with Crippen molar-refractivity contribution in [3.8, 4) is 11.5 Å². The molecule has 0 aliphatic carbocycles. The van der Waals surface area contributed by atoms with Crippen molar-refractivity contribution in [2.75, 3.05) is 19.8 Å². The van der Waals surface area contributed by atoms with Gasteiger partial charge in [-0.1, -0.05) is 102 Å². The standard InChI is InChI=1S/C37H54O5/c1-3-5-7-9-11-13-15-17-19-31-29-40-37(41-30-31)33-22-26-35(27-23-33)42-36(38)32-20-24-34(25-21-32)39-28-18-16-14-12-10-8-6-4-2/h4,20-27,31,37H,2-3,5-19,28-30H2,1H3. The summed E-state index contributed by atoms with van der Waals surface area (Å²) in [7, 11) is 0. The molecule has 1 fully saturated rings. The average molecular weight is 579 g/mol. The number of carbonyl (C=O) groups is 1. The Bertz CT molecular complexity index is 976. The first kappa shape index (κ1) is 33.9. The highest BCUT2D eigenvalue weighted by Crippen LogP contribution is 2.29. The second-order valence-electron chi connectivity index (χ2n) is 11.7. The van der Waals surface area contributed by atoms with Gasteiger partial charge in [-0.15, -0.1) is 6.58 Å². The van der Waals surface area contributed by atoms with Crippen LogP contribution in [0.3, 0.4) is 0 Å². The predicted octanol–water partition coefficient (Wildman–Crippen LogP) is 10.4. The minimum absolute atomic E-state index is 0.362. The van der Waals surface area contributed by atoms with Gasteiger partial charge in [0.15, 0.2) is 6.29 Å². The number of hydrogen-bond acceptors (Lipinski definition) is 5. The van der Waals surface area contributed by atoms with Crippen LogP contribution < -0.4 is 9.47 Å². The highest BCUT2D eigenvalue weighted by atomic mass is 16.7. The van der Waals surface area contributed by atoms with Crippen molar-refractivity contribution in [3.05, 3.63) is 72.3 Å². The summed E-state index contributed by atoms with van der Waals surface area (Å²) in [6, 6.07) is 14.6. The number of esters is 1.